The van der Waals surface area contributed by atoms with Gasteiger partial charge in [0.15, 0.2) is 0 Å². The van der Waals surface area contributed by atoms with E-state index in [2.05, 4.69) is 38.9 Å². The van der Waals surface area contributed by atoms with Gasteiger partial charge in [0.05, 0.1) is 17.3 Å². The summed E-state index contributed by atoms with van der Waals surface area (Å²) in [5.41, 5.74) is 0.929. The van der Waals surface area contributed by atoms with Crippen LogP contribution >= 0.6 is 7.92 Å². The molecule has 0 saturated heterocycles. The Morgan fingerprint density at radius 2 is 1.82 bits per heavy atom. The zero-order chi connectivity index (χ0) is 24.4. The van der Waals surface area contributed by atoms with Gasteiger partial charge >= 0.3 is 0 Å². The third-order valence-electron chi connectivity index (χ3n) is 5.19. The number of nitrogens with zero attached hydrogens (tertiary/aromatic N) is 3. The molecule has 34 heavy (non-hydrogen) atoms. The van der Waals surface area contributed by atoms with Crippen molar-refractivity contribution in [2.45, 2.75) is 19.9 Å². The first-order valence-electron chi connectivity index (χ1n) is 10.4. The molecule has 5 nitrogen and oxygen atoms in total. The van der Waals surface area contributed by atoms with E-state index in [4.69, 9.17) is 0 Å². The first kappa shape index (κ1) is 23.8. The fourth-order valence-corrected chi connectivity index (χ4v) is 4.55. The van der Waals surface area contributed by atoms with Gasteiger partial charge in [-0.05, 0) is 49.8 Å². The molecule has 0 spiro atoms. The lowest BCUT2D eigenvalue weighted by molar-refractivity contribution is 0.146. The van der Waals surface area contributed by atoms with Crippen LogP contribution in [0.4, 0.5) is 34.9 Å². The quantitative estimate of drug-likeness (QED) is 0.238. The Hall–Kier alpha value is -3.32. The molecule has 10 heteroatoms. The molecule has 2 heterocycles. The van der Waals surface area contributed by atoms with Crippen LogP contribution in [0.1, 0.15) is 23.4 Å². The van der Waals surface area contributed by atoms with E-state index in [-0.39, 0.29) is 12.1 Å². The molecule has 0 atom stereocenters. The largest absolute Gasteiger partial charge is 0.365 e. The number of pyridine rings is 1. The Morgan fingerprint density at radius 3 is 2.50 bits per heavy atom. The van der Waals surface area contributed by atoms with Crippen LogP contribution < -0.4 is 15.9 Å². The Labute approximate surface area is 195 Å². The van der Waals surface area contributed by atoms with Gasteiger partial charge in [-0.1, -0.05) is 26.1 Å². The van der Waals surface area contributed by atoms with Gasteiger partial charge in [-0.15, -0.1) is 0 Å². The summed E-state index contributed by atoms with van der Waals surface area (Å²) in [6.07, 6.45) is -1.75. The van der Waals surface area contributed by atoms with Gasteiger partial charge in [0.2, 0.25) is 0 Å². The molecular weight excluding hydrogens is 465 g/mol. The van der Waals surface area contributed by atoms with Crippen LogP contribution in [0.2, 0.25) is 0 Å². The average Bonchev–Trinajstić information content (AvgIpc) is 2.78. The van der Waals surface area contributed by atoms with E-state index in [1.165, 1.54) is 18.2 Å². The molecule has 0 fully saturated rings. The lowest BCUT2D eigenvalue weighted by Gasteiger charge is -2.18. The summed E-state index contributed by atoms with van der Waals surface area (Å²) in [6.45, 7) is 5.90. The number of rotatable bonds is 7. The average molecular weight is 487 g/mol. The molecule has 0 radical (unpaired) electrons. The minimum absolute atomic E-state index is 0.0141. The van der Waals surface area contributed by atoms with E-state index in [0.29, 0.717) is 23.0 Å². The molecule has 0 aliphatic rings. The number of nitrogens with one attached hydrogen (secondary N) is 2. The third-order valence-corrected chi connectivity index (χ3v) is 6.52. The lowest BCUT2D eigenvalue weighted by atomic mass is 10.1. The summed E-state index contributed by atoms with van der Waals surface area (Å²) in [5, 5.41) is 8.05. The van der Waals surface area contributed by atoms with Crippen molar-refractivity contribution in [2.75, 3.05) is 24.0 Å². The molecule has 0 saturated carbocycles. The van der Waals surface area contributed by atoms with E-state index in [1.807, 2.05) is 12.1 Å². The Kier molecular flexibility index (Phi) is 6.93. The summed E-state index contributed by atoms with van der Waals surface area (Å²) < 4.78 is 53.8. The molecule has 4 rings (SSSR count). The number of aromatic nitrogens is 3. The zero-order valence-corrected chi connectivity index (χ0v) is 19.6. The molecule has 2 aromatic carbocycles. The number of fused-ring (bicyclic) bond motifs is 1. The van der Waals surface area contributed by atoms with Crippen molar-refractivity contribution in [2.24, 2.45) is 0 Å². The van der Waals surface area contributed by atoms with Gasteiger partial charge in [0.1, 0.15) is 29.1 Å². The smallest absolute Gasteiger partial charge is 0.266 e. The molecule has 0 amide bonds. The molecule has 4 aromatic rings. The monoisotopic (exact) mass is 487 g/mol. The maximum absolute atomic E-state index is 14.5. The highest BCUT2D eigenvalue weighted by atomic mass is 31.1. The van der Waals surface area contributed by atoms with Crippen LogP contribution in [0.3, 0.4) is 0 Å². The number of benzene rings is 2. The first-order valence-corrected chi connectivity index (χ1v) is 12.6. The summed E-state index contributed by atoms with van der Waals surface area (Å²) in [5.74, 6) is 0.119. The summed E-state index contributed by atoms with van der Waals surface area (Å²) >= 11 is 0. The second-order valence-corrected chi connectivity index (χ2v) is 10.1. The molecule has 0 unspecified atom stereocenters. The van der Waals surface area contributed by atoms with E-state index in [0.717, 1.165) is 28.6 Å². The zero-order valence-electron chi connectivity index (χ0n) is 18.7. The Bertz CT molecular complexity index is 1330. The maximum atomic E-state index is 14.5. The van der Waals surface area contributed by atoms with Crippen molar-refractivity contribution in [3.63, 3.8) is 0 Å². The number of hydrogen-bond acceptors (Lipinski definition) is 5. The van der Waals surface area contributed by atoms with E-state index in [9.17, 15) is 17.6 Å². The topological polar surface area (TPSA) is 62.7 Å². The highest BCUT2D eigenvalue weighted by molar-refractivity contribution is 7.64. The fourth-order valence-electron chi connectivity index (χ4n) is 3.56. The summed E-state index contributed by atoms with van der Waals surface area (Å²) in [6, 6.07) is 10.7. The van der Waals surface area contributed by atoms with Crippen molar-refractivity contribution >= 4 is 41.5 Å². The number of hydrogen-bond donors (Lipinski definition) is 2. The molecular formula is C24H22F4N5P. The standard InChI is InChI=1S/C24H22F4N5P/c1-13-31-18-10-19(33-21-8-7-15(25)12-29-21)20(34(2)3)9-17(18)24(32-13)30-11-14-5-4-6-16(22(14)26)23(27)28/h4-10,12,23H,11H2,1-3H3,(H,29,33)(H,30,31,32). The van der Waals surface area contributed by atoms with Crippen molar-refractivity contribution in [1.82, 2.24) is 15.0 Å². The van der Waals surface area contributed by atoms with Crippen molar-refractivity contribution in [1.29, 1.82) is 0 Å². The van der Waals surface area contributed by atoms with Crippen LogP contribution in [-0.4, -0.2) is 28.3 Å². The van der Waals surface area contributed by atoms with Crippen LogP contribution in [0.15, 0.2) is 48.7 Å². The predicted octanol–water partition coefficient (Wildman–Crippen LogP) is 6.27. The SMILES string of the molecule is Cc1nc(NCc2cccc(C(F)F)c2F)c2cc(P(C)C)c(Nc3ccc(F)cn3)cc2n1. The number of aryl methyl sites for hydroxylation is 1. The fraction of sp³-hybridized carbons (Fsp3) is 0.208. The highest BCUT2D eigenvalue weighted by Gasteiger charge is 2.17. The number of alkyl halides is 2. The van der Waals surface area contributed by atoms with E-state index in [1.54, 1.807) is 13.0 Å². The minimum Gasteiger partial charge on any atom is -0.365 e. The van der Waals surface area contributed by atoms with Gasteiger partial charge in [0.25, 0.3) is 6.43 Å². The third kappa shape index (κ3) is 5.09. The molecule has 2 N–H and O–H groups in total. The molecule has 0 aliphatic carbocycles. The normalized spacial score (nSPS) is 11.4. The van der Waals surface area contributed by atoms with Gasteiger partial charge < -0.3 is 10.6 Å². The summed E-state index contributed by atoms with van der Waals surface area (Å²) in [7, 11) is -0.573. The van der Waals surface area contributed by atoms with Crippen LogP contribution in [0.5, 0.6) is 0 Å². The van der Waals surface area contributed by atoms with Crippen LogP contribution in [0, 0.1) is 18.6 Å². The van der Waals surface area contributed by atoms with Gasteiger partial charge in [-0.2, -0.15) is 0 Å². The summed E-state index contributed by atoms with van der Waals surface area (Å²) in [4.78, 5) is 13.1. The first-order chi connectivity index (χ1) is 16.2. The predicted molar refractivity (Wildman–Crippen MR) is 129 cm³/mol. The van der Waals surface area contributed by atoms with Crippen molar-refractivity contribution in [3.8, 4) is 0 Å². The highest BCUT2D eigenvalue weighted by Crippen LogP contribution is 2.34. The molecule has 0 bridgehead atoms. The number of halogens is 4. The molecule has 2 aromatic heterocycles. The number of anilines is 3. The Balaban J connectivity index is 1.71. The minimum atomic E-state index is -2.89. The van der Waals surface area contributed by atoms with Gasteiger partial charge in [0, 0.05) is 23.2 Å². The Morgan fingerprint density at radius 1 is 1.03 bits per heavy atom. The second-order valence-electron chi connectivity index (χ2n) is 7.86. The maximum Gasteiger partial charge on any atom is 0.266 e. The van der Waals surface area contributed by atoms with Crippen LogP contribution in [0.25, 0.3) is 10.9 Å². The lowest BCUT2D eigenvalue weighted by Crippen LogP contribution is -2.11. The van der Waals surface area contributed by atoms with Gasteiger partial charge in [-0.25, -0.2) is 32.5 Å². The van der Waals surface area contributed by atoms with Gasteiger partial charge in [-0.3, -0.25) is 0 Å². The van der Waals surface area contributed by atoms with Crippen molar-refractivity contribution < 1.29 is 17.6 Å². The van der Waals surface area contributed by atoms with E-state index >= 15 is 0 Å². The molecule has 0 aliphatic heterocycles. The van der Waals surface area contributed by atoms with E-state index < -0.39 is 31.5 Å². The molecule has 176 valence electrons. The van der Waals surface area contributed by atoms with Crippen molar-refractivity contribution in [3.05, 3.63) is 77.2 Å². The van der Waals surface area contributed by atoms with Crippen LogP contribution in [-0.2, 0) is 6.54 Å². The second kappa shape index (κ2) is 9.89.